The van der Waals surface area contributed by atoms with E-state index in [9.17, 15) is 9.18 Å². The molecule has 1 aliphatic heterocycles. The number of nitrogens with two attached hydrogens (primary N) is 1. The highest BCUT2D eigenvalue weighted by molar-refractivity contribution is 5.99. The average Bonchev–Trinajstić information content (AvgIpc) is 2.53. The first-order valence-electron chi connectivity index (χ1n) is 7.52. The third kappa shape index (κ3) is 2.76. The first-order chi connectivity index (χ1) is 10.9. The summed E-state index contributed by atoms with van der Waals surface area (Å²) >= 11 is 0. The molecule has 0 radical (unpaired) electrons. The molecule has 0 fully saturated rings. The highest BCUT2D eigenvalue weighted by atomic mass is 19.1. The summed E-state index contributed by atoms with van der Waals surface area (Å²) in [5, 5.41) is 0. The highest BCUT2D eigenvalue weighted by Crippen LogP contribution is 2.37. The van der Waals surface area contributed by atoms with Crippen LogP contribution in [0.25, 0.3) is 0 Å². The van der Waals surface area contributed by atoms with Crippen LogP contribution in [0.1, 0.15) is 31.2 Å². The fourth-order valence-electron chi connectivity index (χ4n) is 3.01. The van der Waals surface area contributed by atoms with Crippen molar-refractivity contribution in [3.8, 4) is 0 Å². The Morgan fingerprint density at radius 3 is 2.96 bits per heavy atom. The number of hydrogen-bond acceptors (Lipinski definition) is 4. The maximum absolute atomic E-state index is 13.9. The van der Waals surface area contributed by atoms with Gasteiger partial charge in [0.1, 0.15) is 0 Å². The van der Waals surface area contributed by atoms with Gasteiger partial charge in [-0.05, 0) is 25.0 Å². The summed E-state index contributed by atoms with van der Waals surface area (Å²) in [5.41, 5.74) is 6.56. The summed E-state index contributed by atoms with van der Waals surface area (Å²) in [6.07, 6.45) is 8.25. The van der Waals surface area contributed by atoms with Crippen molar-refractivity contribution in [2.75, 3.05) is 7.05 Å². The molecule has 2 heterocycles. The monoisotopic (exact) mass is 314 g/mol. The summed E-state index contributed by atoms with van der Waals surface area (Å²) in [7, 11) is 1.61. The molecular weight excluding hydrogens is 295 g/mol. The van der Waals surface area contributed by atoms with Crippen LogP contribution >= 0.6 is 0 Å². The number of halogens is 1. The summed E-state index contributed by atoms with van der Waals surface area (Å²) in [5.74, 6) is -0.459. The lowest BCUT2D eigenvalue weighted by Gasteiger charge is -2.35. The number of carbonyl (C=O) groups is 1. The molecule has 0 aromatic carbocycles. The molecule has 5 nitrogen and oxygen atoms in total. The topological polar surface area (TPSA) is 71.6 Å². The summed E-state index contributed by atoms with van der Waals surface area (Å²) in [4.78, 5) is 21.7. The van der Waals surface area contributed by atoms with E-state index in [0.717, 1.165) is 5.57 Å². The number of allylic oxidation sites excluding steroid dienone is 2. The summed E-state index contributed by atoms with van der Waals surface area (Å²) in [6.45, 7) is 1.88. The standard InChI is InChI=1S/C17H19FN4O/c1-17(10-14(23)22(2)16(19)21-17)12-6-3-5-11(9-12)13-7-4-8-20-15(13)18/h3-4,6-9,11H,5,10H2,1-2H3,(H2,19,21). The molecule has 23 heavy (non-hydrogen) atoms. The minimum absolute atomic E-state index is 0.0796. The predicted molar refractivity (Wildman–Crippen MR) is 86.2 cm³/mol. The Morgan fingerprint density at radius 1 is 1.48 bits per heavy atom. The Kier molecular flexibility index (Phi) is 3.75. The molecule has 0 bridgehead atoms. The van der Waals surface area contributed by atoms with Gasteiger partial charge in [-0.25, -0.2) is 9.98 Å². The van der Waals surface area contributed by atoms with E-state index in [4.69, 9.17) is 5.73 Å². The fourth-order valence-corrected chi connectivity index (χ4v) is 3.01. The third-order valence-corrected chi connectivity index (χ3v) is 4.45. The predicted octanol–water partition coefficient (Wildman–Crippen LogP) is 2.13. The maximum atomic E-state index is 13.9. The van der Waals surface area contributed by atoms with E-state index >= 15 is 0 Å². The molecule has 3 rings (SSSR count). The second-order valence-electron chi connectivity index (χ2n) is 6.12. The summed E-state index contributed by atoms with van der Waals surface area (Å²) in [6, 6.07) is 3.46. The molecule has 6 heteroatoms. The van der Waals surface area contributed by atoms with Crippen LogP contribution in [0, 0.1) is 5.95 Å². The average molecular weight is 314 g/mol. The minimum Gasteiger partial charge on any atom is -0.369 e. The Labute approximate surface area is 134 Å². The van der Waals surface area contributed by atoms with Crippen molar-refractivity contribution in [2.45, 2.75) is 31.2 Å². The first-order valence-corrected chi connectivity index (χ1v) is 7.52. The molecule has 1 aromatic rings. The Bertz CT molecular complexity index is 740. The zero-order valence-electron chi connectivity index (χ0n) is 13.2. The van der Waals surface area contributed by atoms with Crippen LogP contribution in [0.3, 0.4) is 0 Å². The van der Waals surface area contributed by atoms with Crippen molar-refractivity contribution in [2.24, 2.45) is 10.7 Å². The fraction of sp³-hybridized carbons (Fsp3) is 0.353. The van der Waals surface area contributed by atoms with Gasteiger partial charge in [0.15, 0.2) is 5.96 Å². The Balaban J connectivity index is 1.98. The van der Waals surface area contributed by atoms with Gasteiger partial charge in [0.25, 0.3) is 0 Å². The van der Waals surface area contributed by atoms with Crippen molar-refractivity contribution in [3.63, 3.8) is 0 Å². The second-order valence-corrected chi connectivity index (χ2v) is 6.12. The maximum Gasteiger partial charge on any atom is 0.231 e. The SMILES string of the molecule is CN1C(=O)CC(C)(C2=CC(c3cccnc3F)CC=C2)N=C1N. The van der Waals surface area contributed by atoms with Crippen LogP contribution in [-0.2, 0) is 4.79 Å². The van der Waals surface area contributed by atoms with Gasteiger partial charge in [-0.3, -0.25) is 9.69 Å². The number of aromatic nitrogens is 1. The van der Waals surface area contributed by atoms with Gasteiger partial charge in [-0.2, -0.15) is 4.39 Å². The lowest BCUT2D eigenvalue weighted by Crippen LogP contribution is -2.49. The minimum atomic E-state index is -0.721. The number of nitrogens with zero attached hydrogens (tertiary/aromatic N) is 3. The Morgan fingerprint density at radius 2 is 2.26 bits per heavy atom. The molecule has 2 aliphatic rings. The number of amides is 1. The van der Waals surface area contributed by atoms with Crippen LogP contribution in [0.2, 0.25) is 0 Å². The van der Waals surface area contributed by atoms with E-state index in [2.05, 4.69) is 9.98 Å². The lowest BCUT2D eigenvalue weighted by atomic mass is 9.80. The van der Waals surface area contributed by atoms with Crippen LogP contribution in [0.4, 0.5) is 4.39 Å². The van der Waals surface area contributed by atoms with Gasteiger partial charge < -0.3 is 5.73 Å². The van der Waals surface area contributed by atoms with Crippen LogP contribution in [-0.4, -0.2) is 34.3 Å². The Hall–Kier alpha value is -2.50. The van der Waals surface area contributed by atoms with E-state index in [1.165, 1.54) is 11.1 Å². The largest absolute Gasteiger partial charge is 0.369 e. The zero-order chi connectivity index (χ0) is 16.6. The first kappa shape index (κ1) is 15.4. The smallest absolute Gasteiger partial charge is 0.231 e. The van der Waals surface area contributed by atoms with Crippen LogP contribution < -0.4 is 5.73 Å². The normalized spacial score (nSPS) is 27.7. The van der Waals surface area contributed by atoms with Gasteiger partial charge in [-0.15, -0.1) is 0 Å². The second kappa shape index (κ2) is 5.61. The van der Waals surface area contributed by atoms with E-state index in [-0.39, 0.29) is 24.2 Å². The highest BCUT2D eigenvalue weighted by Gasteiger charge is 2.37. The molecule has 120 valence electrons. The molecular formula is C17H19FN4O. The molecule has 2 N–H and O–H groups in total. The number of carbonyl (C=O) groups excluding carboxylic acids is 1. The summed E-state index contributed by atoms with van der Waals surface area (Å²) < 4.78 is 13.9. The zero-order valence-corrected chi connectivity index (χ0v) is 13.2. The molecule has 0 saturated carbocycles. The number of hydrogen-bond donors (Lipinski definition) is 1. The lowest BCUT2D eigenvalue weighted by molar-refractivity contribution is -0.128. The van der Waals surface area contributed by atoms with Crippen molar-refractivity contribution >= 4 is 11.9 Å². The van der Waals surface area contributed by atoms with E-state index in [0.29, 0.717) is 12.0 Å². The molecule has 2 unspecified atom stereocenters. The molecule has 1 amide bonds. The molecule has 1 aliphatic carbocycles. The van der Waals surface area contributed by atoms with Crippen molar-refractivity contribution in [3.05, 3.63) is 53.6 Å². The van der Waals surface area contributed by atoms with E-state index in [1.807, 2.05) is 25.2 Å². The molecule has 0 saturated heterocycles. The number of pyridine rings is 1. The number of guanidine groups is 1. The van der Waals surface area contributed by atoms with Gasteiger partial charge >= 0.3 is 0 Å². The van der Waals surface area contributed by atoms with Gasteiger partial charge in [0.05, 0.1) is 12.0 Å². The van der Waals surface area contributed by atoms with Crippen LogP contribution in [0.15, 0.2) is 47.1 Å². The van der Waals surface area contributed by atoms with Crippen molar-refractivity contribution in [1.29, 1.82) is 0 Å². The van der Waals surface area contributed by atoms with E-state index < -0.39 is 11.5 Å². The van der Waals surface area contributed by atoms with E-state index in [1.54, 1.807) is 19.2 Å². The van der Waals surface area contributed by atoms with Crippen molar-refractivity contribution < 1.29 is 9.18 Å². The number of aliphatic imine (C=N–C) groups is 1. The number of rotatable bonds is 2. The van der Waals surface area contributed by atoms with Gasteiger partial charge in [-0.1, -0.05) is 24.3 Å². The van der Waals surface area contributed by atoms with Crippen LogP contribution in [0.5, 0.6) is 0 Å². The molecule has 0 spiro atoms. The molecule has 1 aromatic heterocycles. The van der Waals surface area contributed by atoms with Gasteiger partial charge in [0, 0.05) is 24.7 Å². The van der Waals surface area contributed by atoms with Gasteiger partial charge in [0.2, 0.25) is 11.9 Å². The molecule has 2 atom stereocenters. The van der Waals surface area contributed by atoms with Crippen molar-refractivity contribution in [1.82, 2.24) is 9.88 Å². The third-order valence-electron chi connectivity index (χ3n) is 4.45. The quantitative estimate of drug-likeness (QED) is 0.850.